The Balaban J connectivity index is 2.06. The van der Waals surface area contributed by atoms with Crippen molar-refractivity contribution < 1.29 is 17.9 Å². The van der Waals surface area contributed by atoms with Crippen LogP contribution in [0.1, 0.15) is 12.5 Å². The number of carbonyl (C=O) groups excluding carboxylic acids is 1. The van der Waals surface area contributed by atoms with Crippen LogP contribution in [-0.4, -0.2) is 33.7 Å². The minimum Gasteiger partial charge on any atom is -0.494 e. The van der Waals surface area contributed by atoms with Crippen molar-refractivity contribution in [2.45, 2.75) is 13.5 Å². The van der Waals surface area contributed by atoms with E-state index in [1.54, 1.807) is 24.3 Å². The summed E-state index contributed by atoms with van der Waals surface area (Å²) in [6.07, 6.45) is 1.04. The molecule has 140 valence electrons. The van der Waals surface area contributed by atoms with E-state index in [1.165, 1.54) is 0 Å². The Hall–Kier alpha value is -2.25. The van der Waals surface area contributed by atoms with Crippen molar-refractivity contribution in [1.29, 1.82) is 0 Å². The van der Waals surface area contributed by atoms with Crippen molar-refractivity contribution in [2.75, 3.05) is 23.7 Å². The van der Waals surface area contributed by atoms with E-state index in [0.717, 1.165) is 16.1 Å². The van der Waals surface area contributed by atoms with Crippen molar-refractivity contribution in [3.8, 4) is 5.75 Å². The third kappa shape index (κ3) is 5.64. The maximum atomic E-state index is 12.3. The third-order valence-corrected chi connectivity index (χ3v) is 4.95. The molecule has 0 saturated carbocycles. The minimum absolute atomic E-state index is 0.259. The van der Waals surface area contributed by atoms with E-state index in [2.05, 4.69) is 5.32 Å². The molecule has 6 nitrogen and oxygen atoms in total. The lowest BCUT2D eigenvalue weighted by atomic mass is 10.2. The highest BCUT2D eigenvalue weighted by atomic mass is 35.5. The van der Waals surface area contributed by atoms with Gasteiger partial charge in [-0.15, -0.1) is 0 Å². The van der Waals surface area contributed by atoms with Crippen LogP contribution in [0.15, 0.2) is 48.5 Å². The molecular formula is C18H21ClN2O4S. The van der Waals surface area contributed by atoms with Crippen molar-refractivity contribution >= 4 is 33.2 Å². The number of amides is 1. The zero-order valence-corrected chi connectivity index (χ0v) is 16.2. The largest absolute Gasteiger partial charge is 0.494 e. The molecule has 26 heavy (non-hydrogen) atoms. The monoisotopic (exact) mass is 396 g/mol. The Labute approximate surface area is 158 Å². The van der Waals surface area contributed by atoms with Crippen LogP contribution in [-0.2, 0) is 21.4 Å². The molecule has 8 heteroatoms. The van der Waals surface area contributed by atoms with Crippen molar-refractivity contribution in [3.05, 3.63) is 59.1 Å². The number of nitrogens with one attached hydrogen (secondary N) is 1. The zero-order valence-electron chi connectivity index (χ0n) is 14.6. The van der Waals surface area contributed by atoms with E-state index in [4.69, 9.17) is 16.3 Å². The molecule has 0 aromatic heterocycles. The number of hydrogen-bond donors (Lipinski definition) is 1. The summed E-state index contributed by atoms with van der Waals surface area (Å²) < 4.78 is 30.6. The van der Waals surface area contributed by atoms with Gasteiger partial charge in [0.2, 0.25) is 15.9 Å². The summed E-state index contributed by atoms with van der Waals surface area (Å²) in [5.41, 5.74) is 1.12. The predicted molar refractivity (Wildman–Crippen MR) is 103 cm³/mol. The highest BCUT2D eigenvalue weighted by Gasteiger charge is 2.22. The van der Waals surface area contributed by atoms with Crippen LogP contribution in [0.5, 0.6) is 5.75 Å². The predicted octanol–water partition coefficient (Wildman–Crippen LogP) is 2.82. The van der Waals surface area contributed by atoms with Crippen molar-refractivity contribution in [1.82, 2.24) is 5.32 Å². The quantitative estimate of drug-likeness (QED) is 0.744. The Kier molecular flexibility index (Phi) is 6.88. The first-order chi connectivity index (χ1) is 12.3. The van der Waals surface area contributed by atoms with Gasteiger partial charge in [-0.25, -0.2) is 8.42 Å². The molecule has 0 aliphatic heterocycles. The van der Waals surface area contributed by atoms with Gasteiger partial charge >= 0.3 is 0 Å². The first-order valence-corrected chi connectivity index (χ1v) is 10.2. The van der Waals surface area contributed by atoms with Gasteiger partial charge in [-0.2, -0.15) is 0 Å². The second-order valence-electron chi connectivity index (χ2n) is 5.58. The van der Waals surface area contributed by atoms with Gasteiger partial charge in [0.25, 0.3) is 0 Å². The normalized spacial score (nSPS) is 11.0. The molecule has 0 spiro atoms. The van der Waals surface area contributed by atoms with Gasteiger partial charge in [-0.1, -0.05) is 35.9 Å². The molecule has 0 saturated heterocycles. The number of benzene rings is 2. The minimum atomic E-state index is -3.66. The summed E-state index contributed by atoms with van der Waals surface area (Å²) in [4.78, 5) is 12.3. The molecule has 2 aromatic rings. The average Bonchev–Trinajstić information content (AvgIpc) is 2.58. The molecule has 1 amide bonds. The number of ether oxygens (including phenoxy) is 1. The number of para-hydroxylation sites is 1. The second-order valence-corrected chi connectivity index (χ2v) is 7.89. The highest BCUT2D eigenvalue weighted by Crippen LogP contribution is 2.26. The zero-order chi connectivity index (χ0) is 19.2. The molecule has 0 aliphatic rings. The number of halogens is 1. The SMILES string of the molecule is CCOc1cccc(CNC(=O)CN(c2ccccc2Cl)S(C)(=O)=O)c1. The van der Waals surface area contributed by atoms with E-state index in [-0.39, 0.29) is 23.8 Å². The summed E-state index contributed by atoms with van der Waals surface area (Å²) in [5.74, 6) is 0.283. The number of rotatable bonds is 8. The second kappa shape index (κ2) is 8.91. The van der Waals surface area contributed by atoms with Gasteiger partial charge in [0.05, 0.1) is 23.6 Å². The average molecular weight is 397 g/mol. The molecule has 0 radical (unpaired) electrons. The molecule has 2 rings (SSSR count). The Morgan fingerprint density at radius 3 is 2.58 bits per heavy atom. The lowest BCUT2D eigenvalue weighted by Gasteiger charge is -2.22. The fraction of sp³-hybridized carbons (Fsp3) is 0.278. The van der Waals surface area contributed by atoms with Crippen LogP contribution in [0.2, 0.25) is 5.02 Å². The van der Waals surface area contributed by atoms with Crippen LogP contribution in [0.3, 0.4) is 0 Å². The molecule has 0 bridgehead atoms. The summed E-state index contributed by atoms with van der Waals surface area (Å²) in [7, 11) is -3.66. The summed E-state index contributed by atoms with van der Waals surface area (Å²) in [6, 6.07) is 13.8. The maximum Gasteiger partial charge on any atom is 0.241 e. The van der Waals surface area contributed by atoms with Crippen molar-refractivity contribution in [2.24, 2.45) is 0 Å². The Bertz CT molecular complexity index is 871. The van der Waals surface area contributed by atoms with Crippen molar-refractivity contribution in [3.63, 3.8) is 0 Å². The maximum absolute atomic E-state index is 12.3. The summed E-state index contributed by atoms with van der Waals surface area (Å²) in [6.45, 7) is 2.35. The van der Waals surface area contributed by atoms with Gasteiger partial charge < -0.3 is 10.1 Å². The van der Waals surface area contributed by atoms with E-state index >= 15 is 0 Å². The molecule has 0 aliphatic carbocycles. The Morgan fingerprint density at radius 2 is 1.92 bits per heavy atom. The molecule has 0 unspecified atom stereocenters. The van der Waals surface area contributed by atoms with E-state index in [9.17, 15) is 13.2 Å². The molecule has 1 N–H and O–H groups in total. The van der Waals surface area contributed by atoms with Gasteiger partial charge in [0, 0.05) is 6.54 Å². The molecule has 0 heterocycles. The van der Waals surface area contributed by atoms with Crippen LogP contribution in [0.4, 0.5) is 5.69 Å². The Morgan fingerprint density at radius 1 is 1.19 bits per heavy atom. The van der Waals surface area contributed by atoms with Crippen LogP contribution >= 0.6 is 11.6 Å². The number of nitrogens with zero attached hydrogens (tertiary/aromatic N) is 1. The van der Waals surface area contributed by atoms with E-state index in [0.29, 0.717) is 12.4 Å². The number of sulfonamides is 1. The summed E-state index contributed by atoms with van der Waals surface area (Å²) in [5, 5.41) is 2.98. The van der Waals surface area contributed by atoms with Gasteiger partial charge in [-0.3, -0.25) is 9.10 Å². The highest BCUT2D eigenvalue weighted by molar-refractivity contribution is 7.92. The lowest BCUT2D eigenvalue weighted by molar-refractivity contribution is -0.119. The first-order valence-electron chi connectivity index (χ1n) is 8.02. The number of anilines is 1. The summed E-state index contributed by atoms with van der Waals surface area (Å²) >= 11 is 6.08. The fourth-order valence-corrected chi connectivity index (χ4v) is 3.49. The smallest absolute Gasteiger partial charge is 0.241 e. The van der Waals surface area contributed by atoms with Gasteiger partial charge in [-0.05, 0) is 36.8 Å². The van der Waals surface area contributed by atoms with Crippen LogP contribution < -0.4 is 14.4 Å². The van der Waals surface area contributed by atoms with E-state index < -0.39 is 15.9 Å². The number of carbonyl (C=O) groups is 1. The van der Waals surface area contributed by atoms with Gasteiger partial charge in [0.1, 0.15) is 12.3 Å². The number of hydrogen-bond acceptors (Lipinski definition) is 4. The molecule has 2 aromatic carbocycles. The standard InChI is InChI=1S/C18H21ClN2O4S/c1-3-25-15-8-6-7-14(11-15)12-20-18(22)13-21(26(2,23)24)17-10-5-4-9-16(17)19/h4-11H,3,12-13H2,1-2H3,(H,20,22). The molecule has 0 fully saturated rings. The fourth-order valence-electron chi connectivity index (χ4n) is 2.33. The lowest BCUT2D eigenvalue weighted by Crippen LogP contribution is -2.40. The van der Waals surface area contributed by atoms with E-state index in [1.807, 2.05) is 31.2 Å². The first kappa shape index (κ1) is 20.1. The third-order valence-electron chi connectivity index (χ3n) is 3.51. The molecule has 0 atom stereocenters. The van der Waals surface area contributed by atoms with Crippen LogP contribution in [0.25, 0.3) is 0 Å². The topological polar surface area (TPSA) is 75.7 Å². The molecular weight excluding hydrogens is 376 g/mol. The van der Waals surface area contributed by atoms with Gasteiger partial charge in [0.15, 0.2) is 0 Å². The van der Waals surface area contributed by atoms with Crippen LogP contribution in [0, 0.1) is 0 Å².